The molecule has 0 spiro atoms. The van der Waals surface area contributed by atoms with E-state index in [1.807, 2.05) is 30.0 Å². The Morgan fingerprint density at radius 1 is 1.31 bits per heavy atom. The number of rotatable bonds is 12. The van der Waals surface area contributed by atoms with Crippen molar-refractivity contribution in [3.8, 4) is 0 Å². The van der Waals surface area contributed by atoms with Gasteiger partial charge < -0.3 is 19.7 Å². The number of anilines is 1. The summed E-state index contributed by atoms with van der Waals surface area (Å²) in [6.07, 6.45) is -1.18. The zero-order chi connectivity index (χ0) is 22.0. The van der Waals surface area contributed by atoms with Gasteiger partial charge in [-0.25, -0.2) is 9.18 Å². The van der Waals surface area contributed by atoms with E-state index in [2.05, 4.69) is 5.23 Å². The van der Waals surface area contributed by atoms with Crippen LogP contribution in [0.4, 0.5) is 10.1 Å². The fraction of sp³-hybridized carbons (Fsp3) is 0.600. The third-order valence-corrected chi connectivity index (χ3v) is 4.65. The summed E-state index contributed by atoms with van der Waals surface area (Å²) in [6.45, 7) is 8.25. The first-order valence-electron chi connectivity index (χ1n) is 9.63. The van der Waals surface area contributed by atoms with Crippen LogP contribution in [0.5, 0.6) is 0 Å². The van der Waals surface area contributed by atoms with Gasteiger partial charge >= 0.3 is 5.97 Å². The summed E-state index contributed by atoms with van der Waals surface area (Å²) >= 11 is 11.8. The number of carbonyl (C=O) groups excluding carboxylic acids is 2. The van der Waals surface area contributed by atoms with Crippen LogP contribution in [0.25, 0.3) is 0 Å². The second-order valence-electron chi connectivity index (χ2n) is 7.77. The van der Waals surface area contributed by atoms with Gasteiger partial charge in [0.2, 0.25) is 6.17 Å². The Hall–Kier alpha value is -1.31. The molecule has 1 rings (SSSR count). The number of nitrogens with zero attached hydrogens (tertiary/aromatic N) is 1. The number of ether oxygens (including phenoxy) is 1. The average Bonchev–Trinajstić information content (AvgIpc) is 2.64. The Kier molecular flexibility index (Phi) is 11.0. The van der Waals surface area contributed by atoms with Gasteiger partial charge in [0.05, 0.1) is 6.19 Å². The first kappa shape index (κ1) is 25.7. The molecule has 9 heteroatoms. The molecule has 0 fully saturated rings. The minimum absolute atomic E-state index is 0.0703. The first-order valence-corrected chi connectivity index (χ1v) is 10.7. The molecule has 2 unspecified atom stereocenters. The van der Waals surface area contributed by atoms with Gasteiger partial charge in [-0.15, -0.1) is 23.2 Å². The van der Waals surface area contributed by atoms with E-state index in [1.54, 1.807) is 20.8 Å². The van der Waals surface area contributed by atoms with Crippen LogP contribution >= 0.6 is 23.2 Å². The Balaban J connectivity index is 3.27. The maximum atomic E-state index is 15.3. The lowest BCUT2D eigenvalue weighted by atomic mass is 9.87. The van der Waals surface area contributed by atoms with Gasteiger partial charge in [0.1, 0.15) is 5.60 Å². The molecular weight excluding hydrogens is 417 g/mol. The summed E-state index contributed by atoms with van der Waals surface area (Å²) in [5, 5.41) is 2.89. The van der Waals surface area contributed by atoms with Crippen LogP contribution in [0.3, 0.4) is 0 Å². The molecule has 0 amide bonds. The first-order chi connectivity index (χ1) is 13.6. The molecule has 0 radical (unpaired) electrons. The third-order valence-electron chi connectivity index (χ3n) is 4.31. The molecule has 0 aliphatic heterocycles. The molecule has 0 heterocycles. The molecule has 0 aliphatic rings. The number of halogens is 3. The molecule has 29 heavy (non-hydrogen) atoms. The molecule has 0 bridgehead atoms. The number of nitrogens with one attached hydrogen (secondary N) is 1. The predicted octanol–water partition coefficient (Wildman–Crippen LogP) is 3.17. The van der Waals surface area contributed by atoms with E-state index >= 15 is 4.39 Å². The number of esters is 1. The van der Waals surface area contributed by atoms with Gasteiger partial charge in [-0.3, -0.25) is 0 Å². The van der Waals surface area contributed by atoms with Crippen LogP contribution in [-0.4, -0.2) is 62.7 Å². The molecule has 0 saturated heterocycles. The second kappa shape index (κ2) is 12.4. The number of carbonyl (C=O) groups is 2. The highest BCUT2D eigenvalue weighted by atomic mass is 35.5. The lowest BCUT2D eigenvalue weighted by Crippen LogP contribution is -2.38. The van der Waals surface area contributed by atoms with Crippen molar-refractivity contribution in [2.24, 2.45) is 0 Å². The summed E-state index contributed by atoms with van der Waals surface area (Å²) in [5.41, 5.74) is 1.57. The number of hydrogen-bond acceptors (Lipinski definition) is 5. The van der Waals surface area contributed by atoms with Crippen LogP contribution < -0.4 is 10.1 Å². The summed E-state index contributed by atoms with van der Waals surface area (Å²) in [6, 6.07) is 5.67. The van der Waals surface area contributed by atoms with Crippen molar-refractivity contribution in [2.45, 2.75) is 45.4 Å². The third kappa shape index (κ3) is 8.53. The lowest BCUT2D eigenvalue weighted by molar-refractivity contribution is -0.161. The van der Waals surface area contributed by atoms with Crippen molar-refractivity contribution >= 4 is 48.5 Å². The fourth-order valence-corrected chi connectivity index (χ4v) is 3.40. The normalized spacial score (nSPS) is 13.5. The van der Waals surface area contributed by atoms with Crippen molar-refractivity contribution in [1.82, 2.24) is 5.23 Å². The SMILES string of the molecule is Cc1ccc(N(CCCl)CCCl)cc1C(CNBC=O)C(F)C(=O)OC(C)(C)C. The van der Waals surface area contributed by atoms with Gasteiger partial charge in [0.15, 0.2) is 0 Å². The van der Waals surface area contributed by atoms with E-state index < -0.39 is 23.7 Å². The average molecular weight is 447 g/mol. The monoisotopic (exact) mass is 446 g/mol. The molecule has 2 atom stereocenters. The van der Waals surface area contributed by atoms with Crippen LogP contribution in [0.2, 0.25) is 0 Å². The zero-order valence-electron chi connectivity index (χ0n) is 17.5. The number of benzene rings is 1. The van der Waals surface area contributed by atoms with E-state index in [4.69, 9.17) is 27.9 Å². The van der Waals surface area contributed by atoms with Crippen molar-refractivity contribution in [2.75, 3.05) is 36.3 Å². The van der Waals surface area contributed by atoms with Crippen molar-refractivity contribution in [1.29, 1.82) is 0 Å². The van der Waals surface area contributed by atoms with E-state index in [1.165, 1.54) is 0 Å². The molecule has 1 aromatic rings. The van der Waals surface area contributed by atoms with E-state index in [-0.39, 0.29) is 14.0 Å². The Morgan fingerprint density at radius 3 is 2.45 bits per heavy atom. The highest BCUT2D eigenvalue weighted by Gasteiger charge is 2.34. The number of hydrogen-bond donors (Lipinski definition) is 1. The van der Waals surface area contributed by atoms with Crippen LogP contribution in [-0.2, 0) is 14.3 Å². The zero-order valence-corrected chi connectivity index (χ0v) is 19.0. The van der Waals surface area contributed by atoms with E-state index in [9.17, 15) is 9.59 Å². The largest absolute Gasteiger partial charge is 0.458 e. The minimum Gasteiger partial charge on any atom is -0.458 e. The lowest BCUT2D eigenvalue weighted by Gasteiger charge is -2.28. The Bertz CT molecular complexity index is 668. The van der Waals surface area contributed by atoms with Gasteiger partial charge in [0.25, 0.3) is 7.41 Å². The molecule has 0 aromatic heterocycles. The summed E-state index contributed by atoms with van der Waals surface area (Å²) < 4.78 is 20.5. The molecule has 0 saturated carbocycles. The number of alkyl halides is 3. The van der Waals surface area contributed by atoms with Crippen LogP contribution in [0.15, 0.2) is 18.2 Å². The smallest absolute Gasteiger partial charge is 0.341 e. The quantitative estimate of drug-likeness (QED) is 0.176. The van der Waals surface area contributed by atoms with Crippen molar-refractivity contribution < 1.29 is 18.7 Å². The molecule has 5 nitrogen and oxygen atoms in total. The van der Waals surface area contributed by atoms with E-state index in [0.29, 0.717) is 36.6 Å². The topological polar surface area (TPSA) is 58.6 Å². The van der Waals surface area contributed by atoms with Crippen LogP contribution in [0.1, 0.15) is 37.8 Å². The highest BCUT2D eigenvalue weighted by molar-refractivity contribution is 6.64. The summed E-state index contributed by atoms with van der Waals surface area (Å²) in [4.78, 5) is 25.1. The minimum atomic E-state index is -1.88. The van der Waals surface area contributed by atoms with E-state index in [0.717, 1.165) is 11.3 Å². The molecule has 162 valence electrons. The standard InChI is InChI=1S/C20H30BCl2FN2O3/c1-14-5-6-15(26(9-7-22)10-8-23)11-16(14)17(12-25-21-13-27)18(24)19(28)29-20(2,3)4/h5-6,11,13,17-18,21,25H,7-10,12H2,1-4H3. The molecular formula is C20H30BCl2FN2O3. The fourth-order valence-electron chi connectivity index (χ4n) is 2.99. The Labute approximate surface area is 183 Å². The molecule has 1 aromatic carbocycles. The van der Waals surface area contributed by atoms with Gasteiger partial charge in [0, 0.05) is 36.5 Å². The molecule has 0 aliphatic carbocycles. The summed E-state index contributed by atoms with van der Waals surface area (Å²) in [5.74, 6) is -0.876. The Morgan fingerprint density at radius 2 is 1.93 bits per heavy atom. The predicted molar refractivity (Wildman–Crippen MR) is 120 cm³/mol. The highest BCUT2D eigenvalue weighted by Crippen LogP contribution is 2.30. The molecule has 1 N–H and O–H groups in total. The summed E-state index contributed by atoms with van der Waals surface area (Å²) in [7, 11) is 0.0703. The van der Waals surface area contributed by atoms with Crippen molar-refractivity contribution in [3.05, 3.63) is 29.3 Å². The maximum absolute atomic E-state index is 15.3. The van der Waals surface area contributed by atoms with Gasteiger partial charge in [-0.1, -0.05) is 6.07 Å². The maximum Gasteiger partial charge on any atom is 0.341 e. The van der Waals surface area contributed by atoms with Crippen molar-refractivity contribution in [3.63, 3.8) is 0 Å². The number of aryl methyl sites for hydroxylation is 1. The second-order valence-corrected chi connectivity index (χ2v) is 8.53. The van der Waals surface area contributed by atoms with Crippen LogP contribution in [0, 0.1) is 6.92 Å². The van der Waals surface area contributed by atoms with Gasteiger partial charge in [-0.05, 0) is 57.5 Å². The van der Waals surface area contributed by atoms with Gasteiger partial charge in [-0.2, -0.15) is 0 Å².